The van der Waals surface area contributed by atoms with Gasteiger partial charge in [-0.15, -0.1) is 0 Å². The summed E-state index contributed by atoms with van der Waals surface area (Å²) in [7, 11) is -11.6. The summed E-state index contributed by atoms with van der Waals surface area (Å²) < 4.78 is 48.1. The summed E-state index contributed by atoms with van der Waals surface area (Å²) in [4.78, 5) is 57.7. The van der Waals surface area contributed by atoms with E-state index in [1.54, 1.807) is 0 Å². The van der Waals surface area contributed by atoms with Gasteiger partial charge >= 0.3 is 0 Å². The highest BCUT2D eigenvalue weighted by Gasteiger charge is 2.46. The first-order valence-electron chi connectivity index (χ1n) is 10.6. The number of phosphoric acid groups is 2. The average Bonchev–Trinajstić information content (AvgIpc) is 3.35. The molecule has 10 atom stereocenters. The van der Waals surface area contributed by atoms with Crippen LogP contribution >= 0.6 is 15.6 Å². The van der Waals surface area contributed by atoms with Crippen LogP contribution in [0.2, 0.25) is 0 Å². The number of fused-ring (bicyclic) bond motifs is 1. The Hall–Kier alpha value is -2.16. The summed E-state index contributed by atoms with van der Waals surface area (Å²) in [5.74, 6) is -1.52. The number of aliphatic hydroxyl groups excluding tert-OH is 4. The number of Topliss-reactive ketones (excluding diaryl/α,β-unsaturated/α-hetero) is 1. The van der Waals surface area contributed by atoms with Crippen LogP contribution in [0.3, 0.4) is 0 Å². The Morgan fingerprint density at radius 2 is 1.82 bits per heavy atom. The van der Waals surface area contributed by atoms with Gasteiger partial charge in [-0.1, -0.05) is 0 Å². The molecular weight excluding hydrogens is 564 g/mol. The third kappa shape index (κ3) is 5.73. The van der Waals surface area contributed by atoms with Crippen LogP contribution in [0.25, 0.3) is 11.2 Å². The molecule has 22 heteroatoms. The molecule has 2 aliphatic rings. The number of aromatic amines is 1. The van der Waals surface area contributed by atoms with E-state index >= 15 is 0 Å². The number of carbonyl (C=O) groups is 1. The third-order valence-corrected chi connectivity index (χ3v) is 8.06. The van der Waals surface area contributed by atoms with Gasteiger partial charge in [0.1, 0.15) is 24.4 Å². The number of nitrogens with one attached hydrogen (secondary N) is 1. The minimum atomic E-state index is -5.86. The number of nitrogens with zero attached hydrogens (tertiary/aromatic N) is 3. The second-order valence-electron chi connectivity index (χ2n) is 8.20. The number of hydrogen-bond donors (Lipinski definition) is 6. The Labute approximate surface area is 210 Å². The van der Waals surface area contributed by atoms with Crippen molar-refractivity contribution in [1.29, 1.82) is 0 Å². The summed E-state index contributed by atoms with van der Waals surface area (Å²) >= 11 is 0. The number of aromatic nitrogens is 4. The summed E-state index contributed by atoms with van der Waals surface area (Å²) in [6.45, 7) is 0.0931. The van der Waals surface area contributed by atoms with Crippen LogP contribution in [0.5, 0.6) is 0 Å². The number of anilines is 1. The van der Waals surface area contributed by atoms with Crippen LogP contribution < -0.4 is 21.1 Å². The molecule has 7 N–H and O–H groups in total. The number of phosphoric ester groups is 2. The highest BCUT2D eigenvalue weighted by atomic mass is 31.3. The number of nitrogens with two attached hydrogens (primary N) is 1. The molecule has 0 aliphatic carbocycles. The van der Waals surface area contributed by atoms with E-state index in [1.165, 1.54) is 0 Å². The van der Waals surface area contributed by atoms with Gasteiger partial charge in [0.2, 0.25) is 5.95 Å². The maximum Gasteiger partial charge on any atom is 0.280 e. The Bertz CT molecular complexity index is 1370. The van der Waals surface area contributed by atoms with Crippen LogP contribution in [0.15, 0.2) is 11.1 Å². The molecular formula is C16H21N5O15P2-2. The van der Waals surface area contributed by atoms with Gasteiger partial charge in [0, 0.05) is 0 Å². The maximum atomic E-state index is 12.1. The number of ketones is 1. The number of hydrogen-bond acceptors (Lipinski definition) is 18. The third-order valence-electron chi connectivity index (χ3n) is 5.53. The quantitative estimate of drug-likeness (QED) is 0.159. The molecule has 4 rings (SSSR count). The smallest absolute Gasteiger partial charge is 0.280 e. The predicted molar refractivity (Wildman–Crippen MR) is 113 cm³/mol. The van der Waals surface area contributed by atoms with Gasteiger partial charge in [0.25, 0.3) is 21.2 Å². The van der Waals surface area contributed by atoms with Crippen LogP contribution in [0.1, 0.15) is 13.2 Å². The lowest BCUT2D eigenvalue weighted by atomic mass is 10.0. The molecule has 2 aromatic rings. The summed E-state index contributed by atoms with van der Waals surface area (Å²) in [5.41, 5.74) is 4.50. The van der Waals surface area contributed by atoms with E-state index in [2.05, 4.69) is 28.3 Å². The SMILES string of the molecule is C[C@H]1O[C@H](OP(=O)([O-])OP(=O)([O-])OC[C@H]2O[C@@H](n3cnc4c(=O)[nH]c(N)nc43)[C@H](O)[C@@H]2O)[C@@H](O)C(=O)[C@@H]1O. The van der Waals surface area contributed by atoms with Crippen molar-refractivity contribution < 1.29 is 67.0 Å². The molecule has 0 saturated carbocycles. The number of carbonyl (C=O) groups excluding carboxylic acids is 1. The first kappa shape index (κ1) is 28.8. The fraction of sp³-hybridized carbons (Fsp3) is 0.625. The topological polar surface area (TPSA) is 314 Å². The molecule has 2 saturated heterocycles. The molecule has 212 valence electrons. The highest BCUT2D eigenvalue weighted by Crippen LogP contribution is 2.56. The number of ether oxygens (including phenoxy) is 2. The van der Waals surface area contributed by atoms with Crippen LogP contribution in [0.4, 0.5) is 5.95 Å². The summed E-state index contributed by atoms with van der Waals surface area (Å²) in [6, 6.07) is 0. The van der Waals surface area contributed by atoms with Crippen molar-refractivity contribution in [3.05, 3.63) is 16.7 Å². The van der Waals surface area contributed by atoms with Crippen molar-refractivity contribution in [3.63, 3.8) is 0 Å². The molecule has 2 aromatic heterocycles. The van der Waals surface area contributed by atoms with Gasteiger partial charge in [0.05, 0.1) is 19.0 Å². The molecule has 4 heterocycles. The molecule has 0 aromatic carbocycles. The maximum absolute atomic E-state index is 12.1. The minimum Gasteiger partial charge on any atom is -0.756 e. The highest BCUT2D eigenvalue weighted by molar-refractivity contribution is 7.59. The van der Waals surface area contributed by atoms with Crippen molar-refractivity contribution >= 4 is 38.5 Å². The fourth-order valence-electron chi connectivity index (χ4n) is 3.67. The van der Waals surface area contributed by atoms with E-state index in [-0.39, 0.29) is 17.1 Å². The number of H-pyrrole nitrogens is 1. The van der Waals surface area contributed by atoms with Gasteiger partial charge < -0.3 is 49.9 Å². The fourth-order valence-corrected chi connectivity index (χ4v) is 5.74. The van der Waals surface area contributed by atoms with Gasteiger partial charge in [-0.3, -0.25) is 32.8 Å². The zero-order chi connectivity index (χ0) is 28.2. The van der Waals surface area contributed by atoms with Crippen molar-refractivity contribution in [1.82, 2.24) is 19.5 Å². The zero-order valence-electron chi connectivity index (χ0n) is 19.0. The van der Waals surface area contributed by atoms with Crippen molar-refractivity contribution in [2.75, 3.05) is 12.3 Å². The standard InChI is InChI=1S/C16H23N5O15P2/c1-4-7(22)9(24)11(26)15(33-4)35-38(30,31)36-37(28,29)32-2-5-8(23)10(25)14(34-5)21-3-18-6-12(21)19-16(17)20-13(6)27/h3-5,7-8,10-11,14-15,22-23,25-26H,2H2,1H3,(H,28,29)(H,30,31)(H3,17,19,20,27)/p-2/t4-,5-,7-,8-,10-,11+,14-,15-/m1/s1. The average molecular weight is 585 g/mol. The van der Waals surface area contributed by atoms with Gasteiger partial charge in [-0.05, 0) is 6.92 Å². The Balaban J connectivity index is 1.40. The van der Waals surface area contributed by atoms with Gasteiger partial charge in [0.15, 0.2) is 35.6 Å². The molecule has 0 spiro atoms. The minimum absolute atomic E-state index is 0.126. The molecule has 0 amide bonds. The van der Waals surface area contributed by atoms with Crippen LogP contribution in [0, 0.1) is 0 Å². The normalized spacial score (nSPS) is 35.3. The summed E-state index contributed by atoms with van der Waals surface area (Å²) in [5, 5.41) is 39.9. The van der Waals surface area contributed by atoms with E-state index in [1.807, 2.05) is 0 Å². The van der Waals surface area contributed by atoms with E-state index in [4.69, 9.17) is 15.2 Å². The number of imidazole rings is 1. The van der Waals surface area contributed by atoms with E-state index in [0.29, 0.717) is 0 Å². The number of nitrogen functional groups attached to an aromatic ring is 1. The molecule has 2 unspecified atom stereocenters. The van der Waals surface area contributed by atoms with Crippen LogP contribution in [-0.2, 0) is 36.8 Å². The Morgan fingerprint density at radius 3 is 2.50 bits per heavy atom. The van der Waals surface area contributed by atoms with Crippen molar-refractivity contribution in [2.24, 2.45) is 0 Å². The van der Waals surface area contributed by atoms with Gasteiger partial charge in [-0.25, -0.2) is 9.29 Å². The first-order chi connectivity index (χ1) is 17.6. The van der Waals surface area contributed by atoms with E-state index < -0.39 is 82.7 Å². The van der Waals surface area contributed by atoms with E-state index in [0.717, 1.165) is 17.8 Å². The first-order valence-corrected chi connectivity index (χ1v) is 13.5. The Morgan fingerprint density at radius 1 is 1.13 bits per heavy atom. The van der Waals surface area contributed by atoms with Crippen LogP contribution in [-0.4, -0.2) is 95.2 Å². The largest absolute Gasteiger partial charge is 0.756 e. The molecule has 20 nitrogen and oxygen atoms in total. The lowest BCUT2D eigenvalue weighted by Crippen LogP contribution is -2.54. The lowest BCUT2D eigenvalue weighted by Gasteiger charge is -2.38. The molecule has 38 heavy (non-hydrogen) atoms. The number of aliphatic hydroxyl groups is 4. The second kappa shape index (κ2) is 10.4. The van der Waals surface area contributed by atoms with E-state index in [9.17, 15) is 48.9 Å². The lowest BCUT2D eigenvalue weighted by molar-refractivity contribution is -0.274. The Kier molecular flexibility index (Phi) is 7.92. The molecule has 2 fully saturated rings. The molecule has 0 bridgehead atoms. The van der Waals surface area contributed by atoms with Crippen molar-refractivity contribution in [3.8, 4) is 0 Å². The number of rotatable bonds is 8. The second-order valence-corrected chi connectivity index (χ2v) is 11.1. The molecule has 2 aliphatic heterocycles. The summed E-state index contributed by atoms with van der Waals surface area (Å²) in [6.07, 6.45) is -13.1. The van der Waals surface area contributed by atoms with Crippen molar-refractivity contribution in [2.45, 2.75) is 56.1 Å². The molecule has 0 radical (unpaired) electrons. The van der Waals surface area contributed by atoms with Gasteiger partial charge in [-0.2, -0.15) is 4.98 Å². The predicted octanol–water partition coefficient (Wildman–Crippen LogP) is -4.66. The zero-order valence-corrected chi connectivity index (χ0v) is 20.8. The monoisotopic (exact) mass is 585 g/mol.